The van der Waals surface area contributed by atoms with Gasteiger partial charge in [0.25, 0.3) is 5.91 Å². The third kappa shape index (κ3) is 6.52. The largest absolute Gasteiger partial charge is 0.489 e. The van der Waals surface area contributed by atoms with Gasteiger partial charge in [-0.2, -0.15) is 13.2 Å². The van der Waals surface area contributed by atoms with Crippen LogP contribution >= 0.6 is 0 Å². The van der Waals surface area contributed by atoms with Gasteiger partial charge in [-0.3, -0.25) is 9.69 Å². The van der Waals surface area contributed by atoms with Crippen molar-refractivity contribution in [1.82, 2.24) is 9.62 Å². The number of halogens is 5. The first kappa shape index (κ1) is 26.3. The number of nitrogens with one attached hydrogen (secondary N) is 1. The number of carbonyl (C=O) groups excluding carboxylic acids is 1. The second-order valence-corrected chi connectivity index (χ2v) is 11.0. The molecule has 196 valence electrons. The predicted molar refractivity (Wildman–Crippen MR) is 121 cm³/mol. The molecule has 1 aliphatic carbocycles. The highest BCUT2D eigenvalue weighted by Crippen LogP contribution is 2.45. The van der Waals surface area contributed by atoms with E-state index in [4.69, 9.17) is 4.74 Å². The molecule has 12 heteroatoms. The fraction of sp³-hybridized carbons (Fsp3) is 0.458. The Morgan fingerprint density at radius 2 is 1.86 bits per heavy atom. The van der Waals surface area contributed by atoms with Gasteiger partial charge in [0.1, 0.15) is 23.5 Å². The molecule has 1 atom stereocenters. The van der Waals surface area contributed by atoms with Gasteiger partial charge >= 0.3 is 6.18 Å². The Labute approximate surface area is 205 Å². The molecule has 2 fully saturated rings. The summed E-state index contributed by atoms with van der Waals surface area (Å²) in [4.78, 5) is 14.0. The summed E-state index contributed by atoms with van der Waals surface area (Å²) in [6.07, 6.45) is -1.52. The standard InChI is InChI=1S/C24H25F5N2O4S/c1-36(33,34)30-23(32)19-10-18(14-4-5-14)22(11-21(19)26)35-17-3-2-8-31(13-17)12-15-6-7-16(25)9-20(15)24(27,28)29/h6-7,9-11,14,17H,2-5,8,12-13H2,1H3,(H,30,32). The van der Waals surface area contributed by atoms with Gasteiger partial charge in [-0.05, 0) is 67.5 Å². The number of hydrogen-bond donors (Lipinski definition) is 1. The van der Waals surface area contributed by atoms with Crippen molar-refractivity contribution in [1.29, 1.82) is 0 Å². The van der Waals surface area contributed by atoms with E-state index in [0.29, 0.717) is 31.0 Å². The molecule has 0 spiro atoms. The van der Waals surface area contributed by atoms with Crippen molar-refractivity contribution in [3.05, 3.63) is 64.2 Å². The Kier molecular flexibility index (Phi) is 7.29. The fourth-order valence-corrected chi connectivity index (χ4v) is 4.86. The molecule has 6 nitrogen and oxygen atoms in total. The van der Waals surface area contributed by atoms with Gasteiger partial charge in [-0.15, -0.1) is 0 Å². The van der Waals surface area contributed by atoms with Crippen molar-refractivity contribution in [2.75, 3.05) is 19.3 Å². The summed E-state index contributed by atoms with van der Waals surface area (Å²) in [6.45, 7) is 0.739. The third-order valence-electron chi connectivity index (χ3n) is 6.17. The highest BCUT2D eigenvalue weighted by Gasteiger charge is 2.35. The maximum atomic E-state index is 14.8. The highest BCUT2D eigenvalue weighted by molar-refractivity contribution is 7.89. The van der Waals surface area contributed by atoms with Crippen LogP contribution < -0.4 is 9.46 Å². The molecule has 4 rings (SSSR count). The van der Waals surface area contributed by atoms with Crippen LogP contribution in [0.15, 0.2) is 30.3 Å². The number of piperidine rings is 1. The zero-order valence-corrected chi connectivity index (χ0v) is 20.2. The normalized spacial score (nSPS) is 19.2. The topological polar surface area (TPSA) is 75.7 Å². The third-order valence-corrected chi connectivity index (χ3v) is 6.72. The average molecular weight is 533 g/mol. The van der Waals surface area contributed by atoms with Crippen LogP contribution in [0.5, 0.6) is 5.75 Å². The molecule has 1 saturated heterocycles. The molecule has 1 aliphatic heterocycles. The predicted octanol–water partition coefficient (Wildman–Crippen LogP) is 4.59. The molecule has 0 radical (unpaired) electrons. The molecule has 1 unspecified atom stereocenters. The number of sulfonamides is 1. The van der Waals surface area contributed by atoms with Crippen LogP contribution in [0.3, 0.4) is 0 Å². The number of hydrogen-bond acceptors (Lipinski definition) is 5. The lowest BCUT2D eigenvalue weighted by Gasteiger charge is -2.34. The van der Waals surface area contributed by atoms with Crippen molar-refractivity contribution >= 4 is 15.9 Å². The lowest BCUT2D eigenvalue weighted by atomic mass is 10.0. The summed E-state index contributed by atoms with van der Waals surface area (Å²) in [6, 6.07) is 4.97. The molecule has 36 heavy (non-hydrogen) atoms. The van der Waals surface area contributed by atoms with E-state index in [2.05, 4.69) is 0 Å². The molecule has 1 amide bonds. The monoisotopic (exact) mass is 532 g/mol. The number of likely N-dealkylation sites (tertiary alicyclic amines) is 1. The van der Waals surface area contributed by atoms with Crippen LogP contribution in [0.1, 0.15) is 58.6 Å². The van der Waals surface area contributed by atoms with E-state index in [1.165, 1.54) is 6.07 Å². The number of ether oxygens (including phenoxy) is 1. The van der Waals surface area contributed by atoms with E-state index in [-0.39, 0.29) is 30.3 Å². The van der Waals surface area contributed by atoms with Gasteiger partial charge in [-0.25, -0.2) is 21.9 Å². The smallest absolute Gasteiger partial charge is 0.416 e. The Hall–Kier alpha value is -2.73. The first-order valence-electron chi connectivity index (χ1n) is 11.4. The summed E-state index contributed by atoms with van der Waals surface area (Å²) < 4.78 is 98.9. The Morgan fingerprint density at radius 1 is 1.14 bits per heavy atom. The van der Waals surface area contributed by atoms with E-state index in [0.717, 1.165) is 37.3 Å². The number of carbonyl (C=O) groups is 1. The Bertz CT molecular complexity index is 1260. The van der Waals surface area contributed by atoms with Crippen LogP contribution in [0.25, 0.3) is 0 Å². The van der Waals surface area contributed by atoms with Gasteiger partial charge in [0.05, 0.1) is 17.4 Å². The van der Waals surface area contributed by atoms with E-state index < -0.39 is 51.0 Å². The van der Waals surface area contributed by atoms with Crippen LogP contribution in [0.4, 0.5) is 22.0 Å². The van der Waals surface area contributed by atoms with Gasteiger partial charge in [0.15, 0.2) is 0 Å². The van der Waals surface area contributed by atoms with Crippen molar-refractivity contribution in [2.45, 2.75) is 50.4 Å². The molecule has 0 bridgehead atoms. The summed E-state index contributed by atoms with van der Waals surface area (Å²) in [7, 11) is -3.88. The number of amides is 1. The molecule has 2 aliphatic rings. The van der Waals surface area contributed by atoms with Crippen molar-refractivity contribution < 1.29 is 39.9 Å². The van der Waals surface area contributed by atoms with E-state index in [9.17, 15) is 35.2 Å². The van der Waals surface area contributed by atoms with Crippen LogP contribution in [-0.2, 0) is 22.7 Å². The maximum absolute atomic E-state index is 14.8. The minimum atomic E-state index is -4.69. The molecule has 1 heterocycles. The van der Waals surface area contributed by atoms with Gasteiger partial charge in [0.2, 0.25) is 10.0 Å². The quantitative estimate of drug-likeness (QED) is 0.528. The lowest BCUT2D eigenvalue weighted by Crippen LogP contribution is -2.41. The average Bonchev–Trinajstić information content (AvgIpc) is 3.59. The number of nitrogens with zero attached hydrogens (tertiary/aromatic N) is 1. The van der Waals surface area contributed by atoms with Crippen LogP contribution in [0, 0.1) is 11.6 Å². The highest BCUT2D eigenvalue weighted by atomic mass is 32.2. The minimum absolute atomic E-state index is 0.0404. The van der Waals surface area contributed by atoms with Crippen LogP contribution in [0.2, 0.25) is 0 Å². The summed E-state index contributed by atoms with van der Waals surface area (Å²) in [5, 5.41) is 0. The Morgan fingerprint density at radius 3 is 2.50 bits per heavy atom. The number of benzene rings is 2. The summed E-state index contributed by atoms with van der Waals surface area (Å²) >= 11 is 0. The van der Waals surface area contributed by atoms with Gasteiger partial charge in [-0.1, -0.05) is 6.07 Å². The van der Waals surface area contributed by atoms with Crippen molar-refractivity contribution in [3.8, 4) is 5.75 Å². The lowest BCUT2D eigenvalue weighted by molar-refractivity contribution is -0.138. The van der Waals surface area contributed by atoms with Crippen molar-refractivity contribution in [3.63, 3.8) is 0 Å². The molecular weight excluding hydrogens is 507 g/mol. The van der Waals surface area contributed by atoms with Crippen molar-refractivity contribution in [2.24, 2.45) is 0 Å². The van der Waals surface area contributed by atoms with E-state index in [1.807, 2.05) is 0 Å². The molecule has 1 N–H and O–H groups in total. The molecular formula is C24H25F5N2O4S. The van der Waals surface area contributed by atoms with E-state index >= 15 is 0 Å². The maximum Gasteiger partial charge on any atom is 0.416 e. The van der Waals surface area contributed by atoms with Gasteiger partial charge < -0.3 is 4.74 Å². The fourth-order valence-electron chi connectivity index (χ4n) is 4.41. The number of alkyl halides is 3. The Balaban J connectivity index is 1.51. The van der Waals surface area contributed by atoms with E-state index in [1.54, 1.807) is 9.62 Å². The molecule has 2 aromatic rings. The molecule has 1 saturated carbocycles. The minimum Gasteiger partial charge on any atom is -0.489 e. The number of rotatable bonds is 7. The summed E-state index contributed by atoms with van der Waals surface area (Å²) in [5.74, 6) is -2.71. The molecule has 2 aromatic carbocycles. The first-order valence-corrected chi connectivity index (χ1v) is 13.3. The second kappa shape index (κ2) is 9.97. The first-order chi connectivity index (χ1) is 16.8. The zero-order valence-electron chi connectivity index (χ0n) is 19.4. The summed E-state index contributed by atoms with van der Waals surface area (Å²) in [5.41, 5.74) is -0.886. The second-order valence-electron chi connectivity index (χ2n) is 9.26. The van der Waals surface area contributed by atoms with Crippen LogP contribution in [-0.4, -0.2) is 44.7 Å². The zero-order chi connectivity index (χ0) is 26.3. The SMILES string of the molecule is CS(=O)(=O)NC(=O)c1cc(C2CC2)c(OC2CCCN(Cc3ccc(F)cc3C(F)(F)F)C2)cc1F. The molecule has 0 aromatic heterocycles. The van der Waals surface area contributed by atoms with Gasteiger partial charge in [0, 0.05) is 19.2 Å².